The zero-order valence-electron chi connectivity index (χ0n) is 15.2. The molecule has 6 nitrogen and oxygen atoms in total. The average Bonchev–Trinajstić information content (AvgIpc) is 2.59. The van der Waals surface area contributed by atoms with Crippen LogP contribution in [0.1, 0.15) is 45.2 Å². The van der Waals surface area contributed by atoms with E-state index in [-0.39, 0.29) is 11.6 Å². The first-order valence-corrected chi connectivity index (χ1v) is 8.57. The van der Waals surface area contributed by atoms with Crippen LogP contribution < -0.4 is 11.1 Å². The normalized spacial score (nSPS) is 16.9. The van der Waals surface area contributed by atoms with Gasteiger partial charge in [-0.1, -0.05) is 5.92 Å². The quantitative estimate of drug-likeness (QED) is 0.583. The zero-order chi connectivity index (χ0) is 18.4. The summed E-state index contributed by atoms with van der Waals surface area (Å²) in [5.41, 5.74) is 0.769. The van der Waals surface area contributed by atoms with Crippen molar-refractivity contribution in [1.82, 2.24) is 19.0 Å². The van der Waals surface area contributed by atoms with Gasteiger partial charge in [-0.05, 0) is 39.7 Å². The lowest BCUT2D eigenvalue weighted by Gasteiger charge is -2.41. The van der Waals surface area contributed by atoms with Gasteiger partial charge in [0.15, 0.2) is 5.65 Å². The van der Waals surface area contributed by atoms with Crippen LogP contribution >= 0.6 is 0 Å². The van der Waals surface area contributed by atoms with Gasteiger partial charge in [0.25, 0.3) is 0 Å². The van der Waals surface area contributed by atoms with Gasteiger partial charge in [0, 0.05) is 43.5 Å². The van der Waals surface area contributed by atoms with Crippen molar-refractivity contribution in [3.63, 3.8) is 0 Å². The molecule has 0 radical (unpaired) electrons. The summed E-state index contributed by atoms with van der Waals surface area (Å²) in [5, 5.41) is 0. The summed E-state index contributed by atoms with van der Waals surface area (Å²) < 4.78 is 2.92. The van der Waals surface area contributed by atoms with E-state index in [4.69, 9.17) is 6.42 Å². The number of aromatic nitrogens is 3. The van der Waals surface area contributed by atoms with Crippen molar-refractivity contribution in [3.05, 3.63) is 38.5 Å². The lowest BCUT2D eigenvalue weighted by molar-refractivity contribution is 0.0897. The molecule has 0 spiro atoms. The van der Waals surface area contributed by atoms with Crippen LogP contribution in [0, 0.1) is 12.3 Å². The highest BCUT2D eigenvalue weighted by molar-refractivity contribution is 5.72. The lowest BCUT2D eigenvalue weighted by atomic mass is 9.98. The summed E-state index contributed by atoms with van der Waals surface area (Å²) in [6.07, 6.45) is 8.66. The van der Waals surface area contributed by atoms with Gasteiger partial charge >= 0.3 is 11.1 Å². The minimum absolute atomic E-state index is 0.0216. The molecule has 2 aromatic heterocycles. The molecule has 2 aromatic rings. The summed E-state index contributed by atoms with van der Waals surface area (Å²) in [6, 6.07) is 1.72. The van der Waals surface area contributed by atoms with Crippen LogP contribution in [-0.2, 0) is 7.05 Å². The fourth-order valence-electron chi connectivity index (χ4n) is 3.54. The van der Waals surface area contributed by atoms with E-state index >= 15 is 0 Å². The minimum atomic E-state index is -0.540. The van der Waals surface area contributed by atoms with Crippen molar-refractivity contribution in [2.24, 2.45) is 7.05 Å². The summed E-state index contributed by atoms with van der Waals surface area (Å²) in [4.78, 5) is 31.9. The number of piperidine rings is 1. The summed E-state index contributed by atoms with van der Waals surface area (Å²) in [6.45, 7) is 8.35. The molecule has 0 N–H and O–H groups in total. The molecule has 6 heteroatoms. The Morgan fingerprint density at radius 2 is 1.84 bits per heavy atom. The second-order valence-corrected chi connectivity index (χ2v) is 7.64. The Labute approximate surface area is 147 Å². The fraction of sp³-hybridized carbons (Fsp3) is 0.526. The van der Waals surface area contributed by atoms with Gasteiger partial charge in [0.1, 0.15) is 0 Å². The van der Waals surface area contributed by atoms with Crippen molar-refractivity contribution >= 4 is 11.2 Å². The van der Waals surface area contributed by atoms with Gasteiger partial charge in [-0.25, -0.2) is 4.98 Å². The number of rotatable bonds is 1. The molecule has 1 aliphatic rings. The van der Waals surface area contributed by atoms with Gasteiger partial charge in [-0.2, -0.15) is 0 Å². The third-order valence-corrected chi connectivity index (χ3v) is 5.09. The van der Waals surface area contributed by atoms with Crippen molar-refractivity contribution in [2.75, 3.05) is 13.1 Å². The molecule has 0 saturated carbocycles. The molecule has 3 rings (SSSR count). The molecule has 0 unspecified atom stereocenters. The summed E-state index contributed by atoms with van der Waals surface area (Å²) in [7, 11) is 1.58. The first-order valence-electron chi connectivity index (χ1n) is 8.57. The van der Waals surface area contributed by atoms with Crippen LogP contribution in [0.15, 0.2) is 21.9 Å². The topological polar surface area (TPSA) is 60.1 Å². The second-order valence-electron chi connectivity index (χ2n) is 7.64. The molecule has 0 amide bonds. The third kappa shape index (κ3) is 3.00. The van der Waals surface area contributed by atoms with E-state index in [0.717, 1.165) is 25.9 Å². The standard InChI is InChI=1S/C19H24N4O2/c1-6-13-11-15-16(20-12-13)23(18(25)17(24)21(15)5)14-7-9-22(10-8-14)19(2,3)4/h1,11-12,14H,7-10H2,2-5H3. The average molecular weight is 340 g/mol. The van der Waals surface area contributed by atoms with E-state index in [1.54, 1.807) is 23.9 Å². The Morgan fingerprint density at radius 1 is 1.20 bits per heavy atom. The zero-order valence-corrected chi connectivity index (χ0v) is 15.2. The van der Waals surface area contributed by atoms with Gasteiger partial charge in [0.2, 0.25) is 0 Å². The Hall–Kier alpha value is -2.39. The third-order valence-electron chi connectivity index (χ3n) is 5.09. The van der Waals surface area contributed by atoms with Crippen LogP contribution in [0.3, 0.4) is 0 Å². The van der Waals surface area contributed by atoms with Crippen molar-refractivity contribution in [1.29, 1.82) is 0 Å². The maximum atomic E-state index is 12.7. The van der Waals surface area contributed by atoms with Crippen LogP contribution in [0.2, 0.25) is 0 Å². The number of likely N-dealkylation sites (tertiary alicyclic amines) is 1. The molecule has 0 aromatic carbocycles. The second kappa shape index (κ2) is 6.16. The van der Waals surface area contributed by atoms with Gasteiger partial charge in [-0.3, -0.25) is 19.1 Å². The van der Waals surface area contributed by atoms with Crippen LogP contribution in [-0.4, -0.2) is 37.6 Å². The Morgan fingerprint density at radius 3 is 2.40 bits per heavy atom. The van der Waals surface area contributed by atoms with E-state index in [1.807, 2.05) is 0 Å². The van der Waals surface area contributed by atoms with E-state index in [9.17, 15) is 9.59 Å². The smallest absolute Gasteiger partial charge is 0.304 e. The minimum Gasteiger partial charge on any atom is -0.304 e. The number of pyridine rings is 1. The fourth-order valence-corrected chi connectivity index (χ4v) is 3.54. The number of aryl methyl sites for hydroxylation is 1. The number of hydrogen-bond acceptors (Lipinski definition) is 4. The summed E-state index contributed by atoms with van der Waals surface area (Å²) >= 11 is 0. The highest BCUT2D eigenvalue weighted by atomic mass is 16.2. The van der Waals surface area contributed by atoms with E-state index in [2.05, 4.69) is 36.6 Å². The number of hydrogen-bond donors (Lipinski definition) is 0. The van der Waals surface area contributed by atoms with Gasteiger partial charge in [-0.15, -0.1) is 6.42 Å². The van der Waals surface area contributed by atoms with E-state index < -0.39 is 11.1 Å². The number of terminal acetylenes is 1. The molecule has 1 fully saturated rings. The van der Waals surface area contributed by atoms with E-state index in [0.29, 0.717) is 16.7 Å². The number of nitrogens with zero attached hydrogens (tertiary/aromatic N) is 4. The lowest BCUT2D eigenvalue weighted by Crippen LogP contribution is -2.49. The van der Waals surface area contributed by atoms with Crippen LogP contribution in [0.4, 0.5) is 0 Å². The van der Waals surface area contributed by atoms with Gasteiger partial charge in [0.05, 0.1) is 5.52 Å². The first kappa shape index (κ1) is 17.4. The van der Waals surface area contributed by atoms with Crippen LogP contribution in [0.25, 0.3) is 11.2 Å². The highest BCUT2D eigenvalue weighted by Crippen LogP contribution is 2.27. The van der Waals surface area contributed by atoms with Crippen molar-refractivity contribution in [3.8, 4) is 12.3 Å². The van der Waals surface area contributed by atoms with E-state index in [1.165, 1.54) is 4.57 Å². The molecule has 3 heterocycles. The molecule has 0 bridgehead atoms. The monoisotopic (exact) mass is 340 g/mol. The maximum absolute atomic E-state index is 12.7. The van der Waals surface area contributed by atoms with Crippen molar-refractivity contribution in [2.45, 2.75) is 45.2 Å². The molecule has 1 aliphatic heterocycles. The first-order chi connectivity index (χ1) is 11.7. The highest BCUT2D eigenvalue weighted by Gasteiger charge is 2.29. The summed E-state index contributed by atoms with van der Waals surface area (Å²) in [5.74, 6) is 2.53. The van der Waals surface area contributed by atoms with Crippen molar-refractivity contribution < 1.29 is 0 Å². The number of fused-ring (bicyclic) bond motifs is 1. The largest absolute Gasteiger partial charge is 0.318 e. The molecular weight excluding hydrogens is 316 g/mol. The molecule has 25 heavy (non-hydrogen) atoms. The van der Waals surface area contributed by atoms with Crippen LogP contribution in [0.5, 0.6) is 0 Å². The Balaban J connectivity index is 2.10. The van der Waals surface area contributed by atoms with Gasteiger partial charge < -0.3 is 4.57 Å². The molecule has 1 saturated heterocycles. The Kier molecular flexibility index (Phi) is 4.29. The molecule has 0 atom stereocenters. The Bertz CT molecular complexity index is 964. The predicted octanol–water partition coefficient (Wildman–Crippen LogP) is 1.51. The molecule has 0 aliphatic carbocycles. The molecule has 132 valence electrons. The SMILES string of the molecule is C#Cc1cnc2c(c1)n(C)c(=O)c(=O)n2C1CCN(C(C)(C)C)CC1. The molecular formula is C19H24N4O2. The maximum Gasteiger partial charge on any atom is 0.318 e. The predicted molar refractivity (Wildman–Crippen MR) is 98.8 cm³/mol.